The summed E-state index contributed by atoms with van der Waals surface area (Å²) in [6.07, 6.45) is 5.56. The van der Waals surface area contributed by atoms with E-state index in [1.807, 2.05) is 25.1 Å². The number of anilines is 2. The number of fused-ring (bicyclic) bond motifs is 1. The average Bonchev–Trinajstić information content (AvgIpc) is 3.05. The van der Waals surface area contributed by atoms with Gasteiger partial charge in [0.2, 0.25) is 5.91 Å². The minimum absolute atomic E-state index is 0.0144. The van der Waals surface area contributed by atoms with Crippen molar-refractivity contribution in [3.05, 3.63) is 36.2 Å². The van der Waals surface area contributed by atoms with Gasteiger partial charge >= 0.3 is 0 Å². The second-order valence-corrected chi connectivity index (χ2v) is 5.88. The highest BCUT2D eigenvalue weighted by Gasteiger charge is 2.23. The fourth-order valence-corrected chi connectivity index (χ4v) is 2.38. The van der Waals surface area contributed by atoms with E-state index in [1.54, 1.807) is 17.1 Å². The number of aromatic nitrogens is 3. The molecule has 0 saturated heterocycles. The van der Waals surface area contributed by atoms with Crippen LogP contribution in [0.5, 0.6) is 0 Å². The molecule has 0 radical (unpaired) electrons. The quantitative estimate of drug-likeness (QED) is 0.755. The van der Waals surface area contributed by atoms with Crippen LogP contribution in [0.4, 0.5) is 11.7 Å². The number of hydrogen-bond donors (Lipinski definition) is 2. The van der Waals surface area contributed by atoms with Crippen LogP contribution < -0.4 is 10.6 Å². The average molecular weight is 311 g/mol. The van der Waals surface area contributed by atoms with Crippen molar-refractivity contribution in [3.63, 3.8) is 0 Å². The minimum Gasteiger partial charge on any atom is -0.423 e. The fraction of sp³-hybridized carbons (Fsp3) is 0.312. The summed E-state index contributed by atoms with van der Waals surface area (Å²) in [6, 6.07) is 6.62. The van der Waals surface area contributed by atoms with Crippen molar-refractivity contribution >= 4 is 28.7 Å². The molecule has 0 atom stereocenters. The molecule has 1 amide bonds. The van der Waals surface area contributed by atoms with E-state index in [-0.39, 0.29) is 12.5 Å². The van der Waals surface area contributed by atoms with E-state index in [4.69, 9.17) is 4.42 Å². The van der Waals surface area contributed by atoms with E-state index in [9.17, 15) is 4.79 Å². The Balaban J connectivity index is 1.44. The Bertz CT molecular complexity index is 862. The van der Waals surface area contributed by atoms with Crippen molar-refractivity contribution in [3.8, 4) is 0 Å². The first-order chi connectivity index (χ1) is 11.2. The summed E-state index contributed by atoms with van der Waals surface area (Å²) in [4.78, 5) is 16.1. The topological polar surface area (TPSA) is 85.0 Å². The van der Waals surface area contributed by atoms with Crippen LogP contribution in [0.25, 0.3) is 11.1 Å². The number of amides is 1. The van der Waals surface area contributed by atoms with Gasteiger partial charge in [0.05, 0.1) is 11.9 Å². The summed E-state index contributed by atoms with van der Waals surface area (Å²) in [5, 5.41) is 10.2. The van der Waals surface area contributed by atoms with E-state index in [1.165, 1.54) is 0 Å². The molecule has 0 spiro atoms. The first-order valence-corrected chi connectivity index (χ1v) is 7.62. The Kier molecular flexibility index (Phi) is 3.25. The van der Waals surface area contributed by atoms with Crippen LogP contribution in [0.2, 0.25) is 0 Å². The molecule has 1 fully saturated rings. The Hall–Kier alpha value is -2.83. The second kappa shape index (κ2) is 5.42. The molecule has 7 heteroatoms. The van der Waals surface area contributed by atoms with E-state index in [0.717, 1.165) is 35.2 Å². The lowest BCUT2D eigenvalue weighted by molar-refractivity contribution is -0.122. The molecule has 0 unspecified atom stereocenters. The monoisotopic (exact) mass is 311 g/mol. The molecule has 1 aliphatic carbocycles. The van der Waals surface area contributed by atoms with Crippen LogP contribution in [0.3, 0.4) is 0 Å². The third kappa shape index (κ3) is 3.18. The fourth-order valence-electron chi connectivity index (χ4n) is 2.38. The second-order valence-electron chi connectivity index (χ2n) is 5.88. The first kappa shape index (κ1) is 13.8. The zero-order valence-electron chi connectivity index (χ0n) is 12.7. The number of carbonyl (C=O) groups excluding carboxylic acids is 1. The van der Waals surface area contributed by atoms with Gasteiger partial charge in [-0.1, -0.05) is 6.07 Å². The summed E-state index contributed by atoms with van der Waals surface area (Å²) >= 11 is 0. The van der Waals surface area contributed by atoms with Gasteiger partial charge in [0.25, 0.3) is 6.01 Å². The number of nitrogens with one attached hydrogen (secondary N) is 2. The summed E-state index contributed by atoms with van der Waals surface area (Å²) in [5.41, 5.74) is 3.40. The van der Waals surface area contributed by atoms with Crippen molar-refractivity contribution in [1.29, 1.82) is 0 Å². The zero-order chi connectivity index (χ0) is 15.8. The summed E-state index contributed by atoms with van der Waals surface area (Å²) in [6.45, 7) is 2.23. The number of oxazole rings is 1. The normalized spacial score (nSPS) is 14.1. The van der Waals surface area contributed by atoms with E-state index in [2.05, 4.69) is 20.7 Å². The summed E-state index contributed by atoms with van der Waals surface area (Å²) < 4.78 is 7.23. The van der Waals surface area contributed by atoms with Crippen LogP contribution in [0.1, 0.15) is 18.4 Å². The SMILES string of the molecule is Cc1ccc2oc(Nc3cnn(CC(=O)NC4CC4)c3)nc2c1. The van der Waals surface area contributed by atoms with Crippen LogP contribution >= 0.6 is 0 Å². The standard InChI is InChI=1S/C16H17N5O2/c1-10-2-5-14-13(6-10)20-16(23-14)19-12-7-17-21(8-12)9-15(22)18-11-3-4-11/h2,5-8,11H,3-4,9H2,1H3,(H,18,22)(H,19,20). The molecule has 1 aliphatic rings. The molecular formula is C16H17N5O2. The Morgan fingerprint density at radius 3 is 3.13 bits per heavy atom. The Morgan fingerprint density at radius 2 is 2.30 bits per heavy atom. The third-order valence-electron chi connectivity index (χ3n) is 3.68. The maximum absolute atomic E-state index is 11.8. The molecule has 1 saturated carbocycles. The van der Waals surface area contributed by atoms with Gasteiger partial charge in [0.1, 0.15) is 12.1 Å². The molecule has 1 aromatic carbocycles. The van der Waals surface area contributed by atoms with Gasteiger partial charge < -0.3 is 15.1 Å². The predicted octanol–water partition coefficient (Wildman–Crippen LogP) is 2.35. The molecule has 118 valence electrons. The van der Waals surface area contributed by atoms with Crippen molar-refractivity contribution < 1.29 is 9.21 Å². The minimum atomic E-state index is -0.0144. The zero-order valence-corrected chi connectivity index (χ0v) is 12.7. The van der Waals surface area contributed by atoms with E-state index in [0.29, 0.717) is 12.1 Å². The van der Waals surface area contributed by atoms with Crippen LogP contribution in [0, 0.1) is 6.92 Å². The highest BCUT2D eigenvalue weighted by atomic mass is 16.4. The molecule has 2 heterocycles. The van der Waals surface area contributed by atoms with Gasteiger partial charge in [-0.25, -0.2) is 0 Å². The van der Waals surface area contributed by atoms with E-state index < -0.39 is 0 Å². The number of hydrogen-bond acceptors (Lipinski definition) is 5. The lowest BCUT2D eigenvalue weighted by atomic mass is 10.2. The maximum atomic E-state index is 11.8. The van der Waals surface area contributed by atoms with Gasteiger partial charge in [-0.2, -0.15) is 10.1 Å². The van der Waals surface area contributed by atoms with Gasteiger partial charge in [0.15, 0.2) is 5.58 Å². The molecule has 2 N–H and O–H groups in total. The van der Waals surface area contributed by atoms with Crippen molar-refractivity contribution in [2.75, 3.05) is 5.32 Å². The van der Waals surface area contributed by atoms with Crippen molar-refractivity contribution in [1.82, 2.24) is 20.1 Å². The highest BCUT2D eigenvalue weighted by Crippen LogP contribution is 2.22. The Labute approximate surface area is 132 Å². The number of benzene rings is 1. The number of carbonyl (C=O) groups is 1. The Morgan fingerprint density at radius 1 is 1.43 bits per heavy atom. The molecule has 0 bridgehead atoms. The van der Waals surface area contributed by atoms with Crippen LogP contribution in [0.15, 0.2) is 35.0 Å². The van der Waals surface area contributed by atoms with Crippen molar-refractivity contribution in [2.45, 2.75) is 32.4 Å². The number of rotatable bonds is 5. The predicted molar refractivity (Wildman–Crippen MR) is 85.4 cm³/mol. The molecule has 4 rings (SSSR count). The smallest absolute Gasteiger partial charge is 0.300 e. The van der Waals surface area contributed by atoms with Gasteiger partial charge in [-0.3, -0.25) is 9.48 Å². The van der Waals surface area contributed by atoms with Crippen molar-refractivity contribution in [2.24, 2.45) is 0 Å². The summed E-state index contributed by atoms with van der Waals surface area (Å²) in [7, 11) is 0. The highest BCUT2D eigenvalue weighted by molar-refractivity contribution is 5.77. The molecule has 7 nitrogen and oxygen atoms in total. The largest absolute Gasteiger partial charge is 0.423 e. The number of nitrogens with zero attached hydrogens (tertiary/aromatic N) is 3. The van der Waals surface area contributed by atoms with E-state index >= 15 is 0 Å². The molecule has 3 aromatic rings. The summed E-state index contributed by atoms with van der Waals surface area (Å²) in [5.74, 6) is -0.0144. The van der Waals surface area contributed by atoms with Gasteiger partial charge in [-0.05, 0) is 37.5 Å². The molecular weight excluding hydrogens is 294 g/mol. The lowest BCUT2D eigenvalue weighted by Crippen LogP contribution is -2.29. The molecule has 0 aliphatic heterocycles. The van der Waals surface area contributed by atoms with Crippen LogP contribution in [-0.4, -0.2) is 26.7 Å². The molecule has 2 aromatic heterocycles. The molecule has 23 heavy (non-hydrogen) atoms. The van der Waals surface area contributed by atoms with Gasteiger partial charge in [-0.15, -0.1) is 0 Å². The number of aryl methyl sites for hydroxylation is 1. The maximum Gasteiger partial charge on any atom is 0.300 e. The third-order valence-corrected chi connectivity index (χ3v) is 3.68. The van der Waals surface area contributed by atoms with Crippen LogP contribution in [-0.2, 0) is 11.3 Å². The first-order valence-electron chi connectivity index (χ1n) is 7.62. The van der Waals surface area contributed by atoms with Gasteiger partial charge in [0, 0.05) is 12.2 Å². The lowest BCUT2D eigenvalue weighted by Gasteiger charge is -2.02.